The minimum absolute atomic E-state index is 0.0481. The number of carboxylic acid groups (broad SMARTS) is 1. The van der Waals surface area contributed by atoms with Crippen molar-refractivity contribution in [1.82, 2.24) is 0 Å². The van der Waals surface area contributed by atoms with Gasteiger partial charge in [0.2, 0.25) is 5.91 Å². The minimum atomic E-state index is -1.09. The maximum Gasteiger partial charge on any atom is 0.337 e. The minimum Gasteiger partial charge on any atom is -0.478 e. The molecule has 0 aliphatic carbocycles. The molecule has 0 aliphatic rings. The van der Waals surface area contributed by atoms with Crippen LogP contribution >= 0.6 is 0 Å². The van der Waals surface area contributed by atoms with Crippen LogP contribution in [0.2, 0.25) is 0 Å². The van der Waals surface area contributed by atoms with E-state index < -0.39 is 17.9 Å². The van der Waals surface area contributed by atoms with E-state index in [9.17, 15) is 9.59 Å². The van der Waals surface area contributed by atoms with Crippen LogP contribution in [0.3, 0.4) is 0 Å². The Balaban J connectivity index is 2.92. The summed E-state index contributed by atoms with van der Waals surface area (Å²) >= 11 is 0. The van der Waals surface area contributed by atoms with Crippen LogP contribution < -0.4 is 11.1 Å². The van der Waals surface area contributed by atoms with Crippen molar-refractivity contribution < 1.29 is 14.7 Å². The van der Waals surface area contributed by atoms with Gasteiger partial charge in [-0.05, 0) is 17.5 Å². The molecule has 0 aromatic heterocycles. The Morgan fingerprint density at radius 2 is 1.83 bits per heavy atom. The van der Waals surface area contributed by atoms with Gasteiger partial charge in [-0.15, -0.1) is 0 Å². The summed E-state index contributed by atoms with van der Waals surface area (Å²) in [6.45, 7) is 5.54. The van der Waals surface area contributed by atoms with Gasteiger partial charge < -0.3 is 16.2 Å². The first-order valence-electron chi connectivity index (χ1n) is 5.62. The second-order valence-corrected chi connectivity index (χ2v) is 5.18. The largest absolute Gasteiger partial charge is 0.478 e. The van der Waals surface area contributed by atoms with Crippen LogP contribution in [-0.4, -0.2) is 23.0 Å². The second kappa shape index (κ2) is 5.18. The number of rotatable bonds is 3. The lowest BCUT2D eigenvalue weighted by molar-refractivity contribution is -0.119. The van der Waals surface area contributed by atoms with Gasteiger partial charge in [-0.3, -0.25) is 4.79 Å². The lowest BCUT2D eigenvalue weighted by atomic mass is 9.87. The van der Waals surface area contributed by atoms with E-state index in [1.807, 2.05) is 20.8 Å². The first kappa shape index (κ1) is 14.2. The molecule has 1 atom stereocenters. The van der Waals surface area contributed by atoms with Crippen LogP contribution in [0.5, 0.6) is 0 Å². The Morgan fingerprint density at radius 3 is 2.33 bits per heavy atom. The van der Waals surface area contributed by atoms with Gasteiger partial charge in [0.25, 0.3) is 0 Å². The Hall–Kier alpha value is -1.88. The van der Waals surface area contributed by atoms with E-state index in [1.165, 1.54) is 12.1 Å². The number of para-hydroxylation sites is 1. The number of amides is 1. The maximum atomic E-state index is 11.9. The number of anilines is 1. The molecule has 0 spiro atoms. The van der Waals surface area contributed by atoms with Crippen molar-refractivity contribution in [2.24, 2.45) is 11.1 Å². The molecule has 0 radical (unpaired) electrons. The average molecular weight is 250 g/mol. The van der Waals surface area contributed by atoms with Crippen LogP contribution in [0.4, 0.5) is 5.69 Å². The first-order valence-corrected chi connectivity index (χ1v) is 5.62. The van der Waals surface area contributed by atoms with E-state index in [4.69, 9.17) is 10.8 Å². The van der Waals surface area contributed by atoms with E-state index in [-0.39, 0.29) is 16.7 Å². The molecule has 18 heavy (non-hydrogen) atoms. The molecule has 0 unspecified atom stereocenters. The lowest BCUT2D eigenvalue weighted by Gasteiger charge is -2.26. The highest BCUT2D eigenvalue weighted by molar-refractivity contribution is 6.02. The van der Waals surface area contributed by atoms with Crippen LogP contribution in [0.15, 0.2) is 24.3 Å². The fourth-order valence-electron chi connectivity index (χ4n) is 1.38. The Kier molecular flexibility index (Phi) is 4.08. The number of carbonyl (C=O) groups is 2. The summed E-state index contributed by atoms with van der Waals surface area (Å²) in [6.07, 6.45) is 0. The van der Waals surface area contributed by atoms with Gasteiger partial charge in [-0.25, -0.2) is 4.79 Å². The third-order valence-electron chi connectivity index (χ3n) is 2.63. The highest BCUT2D eigenvalue weighted by Gasteiger charge is 2.28. The molecule has 0 bridgehead atoms. The highest BCUT2D eigenvalue weighted by Crippen LogP contribution is 2.20. The molecule has 0 fully saturated rings. The number of hydrogen-bond donors (Lipinski definition) is 3. The smallest absolute Gasteiger partial charge is 0.337 e. The standard InChI is InChI=1S/C13H18N2O3/c1-13(2,3)10(14)11(16)15-9-7-5-4-6-8(9)12(17)18/h4-7,10H,14H2,1-3H3,(H,15,16)(H,17,18)/t10-/m0/s1. The molecule has 0 heterocycles. The third-order valence-corrected chi connectivity index (χ3v) is 2.63. The van der Waals surface area contributed by atoms with E-state index in [0.29, 0.717) is 0 Å². The molecular weight excluding hydrogens is 232 g/mol. The van der Waals surface area contributed by atoms with Crippen molar-refractivity contribution >= 4 is 17.6 Å². The Labute approximate surface area is 106 Å². The van der Waals surface area contributed by atoms with Gasteiger partial charge >= 0.3 is 5.97 Å². The second-order valence-electron chi connectivity index (χ2n) is 5.18. The zero-order valence-corrected chi connectivity index (χ0v) is 10.7. The SMILES string of the molecule is CC(C)(C)[C@@H](N)C(=O)Nc1ccccc1C(=O)O. The predicted molar refractivity (Wildman–Crippen MR) is 69.5 cm³/mol. The van der Waals surface area contributed by atoms with Crippen molar-refractivity contribution in [2.75, 3.05) is 5.32 Å². The fourth-order valence-corrected chi connectivity index (χ4v) is 1.38. The molecule has 5 nitrogen and oxygen atoms in total. The summed E-state index contributed by atoms with van der Waals surface area (Å²) < 4.78 is 0. The molecule has 98 valence electrons. The molecule has 1 aromatic rings. The molecule has 1 rings (SSSR count). The third kappa shape index (κ3) is 3.30. The highest BCUT2D eigenvalue weighted by atomic mass is 16.4. The summed E-state index contributed by atoms with van der Waals surface area (Å²) in [7, 11) is 0. The van der Waals surface area contributed by atoms with Crippen LogP contribution in [-0.2, 0) is 4.79 Å². The number of carboxylic acids is 1. The van der Waals surface area contributed by atoms with Crippen LogP contribution in [0.1, 0.15) is 31.1 Å². The van der Waals surface area contributed by atoms with E-state index in [2.05, 4.69) is 5.32 Å². The van der Waals surface area contributed by atoms with Crippen molar-refractivity contribution in [3.05, 3.63) is 29.8 Å². The molecular formula is C13H18N2O3. The zero-order valence-electron chi connectivity index (χ0n) is 10.7. The number of hydrogen-bond acceptors (Lipinski definition) is 3. The number of aromatic carboxylic acids is 1. The van der Waals surface area contributed by atoms with Crippen molar-refractivity contribution in [1.29, 1.82) is 0 Å². The van der Waals surface area contributed by atoms with Gasteiger partial charge in [0, 0.05) is 0 Å². The van der Waals surface area contributed by atoms with E-state index in [0.717, 1.165) is 0 Å². The van der Waals surface area contributed by atoms with Crippen LogP contribution in [0, 0.1) is 5.41 Å². The summed E-state index contributed by atoms with van der Waals surface area (Å²) in [5.41, 5.74) is 5.73. The monoisotopic (exact) mass is 250 g/mol. The normalized spacial score (nSPS) is 12.9. The number of nitrogens with one attached hydrogen (secondary N) is 1. The molecule has 0 saturated heterocycles. The summed E-state index contributed by atoms with van der Waals surface area (Å²) in [4.78, 5) is 22.9. The molecule has 5 heteroatoms. The van der Waals surface area contributed by atoms with E-state index in [1.54, 1.807) is 12.1 Å². The Morgan fingerprint density at radius 1 is 1.28 bits per heavy atom. The quantitative estimate of drug-likeness (QED) is 0.761. The average Bonchev–Trinajstić information content (AvgIpc) is 2.27. The van der Waals surface area contributed by atoms with Crippen molar-refractivity contribution in [3.8, 4) is 0 Å². The van der Waals surface area contributed by atoms with Gasteiger partial charge in [-0.2, -0.15) is 0 Å². The summed E-state index contributed by atoms with van der Waals surface area (Å²) in [6, 6.07) is 5.52. The Bertz CT molecular complexity index is 464. The number of carbonyl (C=O) groups excluding carboxylic acids is 1. The number of benzene rings is 1. The number of nitrogens with two attached hydrogens (primary N) is 1. The van der Waals surface area contributed by atoms with Gasteiger partial charge in [-0.1, -0.05) is 32.9 Å². The first-order chi connectivity index (χ1) is 8.23. The van der Waals surface area contributed by atoms with Crippen molar-refractivity contribution in [2.45, 2.75) is 26.8 Å². The van der Waals surface area contributed by atoms with Gasteiger partial charge in [0.1, 0.15) is 0 Å². The van der Waals surface area contributed by atoms with Crippen molar-refractivity contribution in [3.63, 3.8) is 0 Å². The van der Waals surface area contributed by atoms with Crippen LogP contribution in [0.25, 0.3) is 0 Å². The molecule has 0 aliphatic heterocycles. The molecule has 1 amide bonds. The molecule has 1 aromatic carbocycles. The van der Waals surface area contributed by atoms with E-state index >= 15 is 0 Å². The zero-order chi connectivity index (χ0) is 13.9. The fraction of sp³-hybridized carbons (Fsp3) is 0.385. The lowest BCUT2D eigenvalue weighted by Crippen LogP contribution is -2.45. The van der Waals surface area contributed by atoms with Gasteiger partial charge in [0.15, 0.2) is 0 Å². The molecule has 4 N–H and O–H groups in total. The maximum absolute atomic E-state index is 11.9. The predicted octanol–water partition coefficient (Wildman–Crippen LogP) is 1.70. The van der Waals surface area contributed by atoms with Gasteiger partial charge in [0.05, 0.1) is 17.3 Å². The summed E-state index contributed by atoms with van der Waals surface area (Å²) in [5, 5.41) is 11.5. The molecule has 0 saturated carbocycles. The topological polar surface area (TPSA) is 92.4 Å². The summed E-state index contributed by atoms with van der Waals surface area (Å²) in [5.74, 6) is -1.48.